The Morgan fingerprint density at radius 2 is 1.31 bits per heavy atom. The highest BCUT2D eigenvalue weighted by atomic mass is 16.2. The van der Waals surface area contributed by atoms with Crippen LogP contribution in [0.4, 0.5) is 4.79 Å². The van der Waals surface area contributed by atoms with Crippen LogP contribution >= 0.6 is 0 Å². The molecule has 3 aromatic carbocycles. The minimum Gasteiger partial charge on any atom is -0.319 e. The number of benzene rings is 3. The number of piperazine rings is 1. The number of carbonyl (C=O) groups excluding carboxylic acids is 1. The number of nitrogens with two attached hydrogens (primary N) is 1. The van der Waals surface area contributed by atoms with Crippen molar-refractivity contribution in [1.82, 2.24) is 4.90 Å². The fourth-order valence-electron chi connectivity index (χ4n) is 6.71. The van der Waals surface area contributed by atoms with Gasteiger partial charge in [-0.05, 0) is 16.7 Å². The van der Waals surface area contributed by atoms with E-state index in [2.05, 4.69) is 110 Å². The number of hydrogen-bond acceptors (Lipinski definition) is 2. The van der Waals surface area contributed by atoms with Crippen LogP contribution in [-0.4, -0.2) is 72.9 Å². The number of rotatable bonds is 5. The molecule has 2 N–H and O–H groups in total. The largest absolute Gasteiger partial charge is 0.418 e. The molecule has 5 heteroatoms. The lowest BCUT2D eigenvalue weighted by molar-refractivity contribution is -1.09. The van der Waals surface area contributed by atoms with Gasteiger partial charge in [-0.3, -0.25) is 9.38 Å². The predicted octanol–water partition coefficient (Wildman–Crippen LogP) is 4.97. The molecular formula is C31H40N4O+2. The van der Waals surface area contributed by atoms with Gasteiger partial charge in [0.2, 0.25) is 6.17 Å². The first kappa shape index (κ1) is 24.7. The van der Waals surface area contributed by atoms with Crippen LogP contribution in [0.25, 0.3) is 0 Å². The molecule has 3 unspecified atom stereocenters. The number of piperidine rings is 1. The van der Waals surface area contributed by atoms with Gasteiger partial charge in [-0.2, -0.15) is 4.48 Å². The Hall–Kier alpha value is -2.99. The van der Waals surface area contributed by atoms with E-state index in [0.29, 0.717) is 10.4 Å². The Bertz CT molecular complexity index is 1110. The maximum absolute atomic E-state index is 12.8. The summed E-state index contributed by atoms with van der Waals surface area (Å²) in [4.78, 5) is 15.5. The predicted molar refractivity (Wildman–Crippen MR) is 145 cm³/mol. The molecule has 3 atom stereocenters. The van der Waals surface area contributed by atoms with E-state index in [9.17, 15) is 4.79 Å². The molecule has 36 heavy (non-hydrogen) atoms. The molecule has 2 amide bonds. The van der Waals surface area contributed by atoms with Crippen LogP contribution in [0.1, 0.15) is 41.5 Å². The van der Waals surface area contributed by atoms with Gasteiger partial charge in [0.25, 0.3) is 0 Å². The van der Waals surface area contributed by atoms with Crippen molar-refractivity contribution < 1.29 is 13.8 Å². The highest BCUT2D eigenvalue weighted by Crippen LogP contribution is 2.40. The van der Waals surface area contributed by atoms with Gasteiger partial charge in [0.1, 0.15) is 0 Å². The standard InChI is InChI=1S/C31H39N4O/c1-34(29-24-28(25-12-6-3-7-13-25)18-21-35(29,2)31(32)36)22-19-33(20-23-34)30(26-14-8-4-9-15-26)27-16-10-5-11-17-27/h3-17,28-30H,18-24H2,1-2H3,(H-,32,36)/q+1/p+1. The van der Waals surface area contributed by atoms with Gasteiger partial charge in [-0.25, -0.2) is 4.79 Å². The first-order valence-electron chi connectivity index (χ1n) is 13.3. The summed E-state index contributed by atoms with van der Waals surface area (Å²) in [7, 11) is 4.43. The summed E-state index contributed by atoms with van der Waals surface area (Å²) in [6.07, 6.45) is 2.15. The second-order valence-corrected chi connectivity index (χ2v) is 11.1. The van der Waals surface area contributed by atoms with Gasteiger partial charge in [0, 0.05) is 25.4 Å². The summed E-state index contributed by atoms with van der Waals surface area (Å²) in [5.41, 5.74) is 10.1. The molecule has 2 saturated heterocycles. The summed E-state index contributed by atoms with van der Waals surface area (Å²) < 4.78 is 1.22. The van der Waals surface area contributed by atoms with Crippen molar-refractivity contribution in [1.29, 1.82) is 0 Å². The number of hydrogen-bond donors (Lipinski definition) is 1. The Labute approximate surface area is 215 Å². The fourth-order valence-corrected chi connectivity index (χ4v) is 6.71. The molecule has 2 heterocycles. The van der Waals surface area contributed by atoms with E-state index in [1.807, 2.05) is 0 Å². The minimum atomic E-state index is -0.195. The topological polar surface area (TPSA) is 46.3 Å². The van der Waals surface area contributed by atoms with E-state index in [1.54, 1.807) is 0 Å². The zero-order chi connectivity index (χ0) is 25.2. The molecule has 2 aliphatic heterocycles. The quantitative estimate of drug-likeness (QED) is 0.520. The maximum atomic E-state index is 12.8. The van der Waals surface area contributed by atoms with Gasteiger partial charge >= 0.3 is 6.03 Å². The average molecular weight is 485 g/mol. The van der Waals surface area contributed by atoms with Crippen LogP contribution in [-0.2, 0) is 0 Å². The van der Waals surface area contributed by atoms with E-state index >= 15 is 0 Å². The highest BCUT2D eigenvalue weighted by Gasteiger charge is 2.55. The van der Waals surface area contributed by atoms with Crippen molar-refractivity contribution in [3.05, 3.63) is 108 Å². The van der Waals surface area contributed by atoms with Crippen molar-refractivity contribution in [2.24, 2.45) is 5.73 Å². The Morgan fingerprint density at radius 3 is 1.81 bits per heavy atom. The molecule has 3 aromatic rings. The number of quaternary nitrogens is 2. The summed E-state index contributed by atoms with van der Waals surface area (Å²) in [6.45, 7) is 4.77. The molecule has 2 aliphatic rings. The van der Waals surface area contributed by atoms with Crippen molar-refractivity contribution in [3.8, 4) is 0 Å². The molecule has 0 aromatic heterocycles. The van der Waals surface area contributed by atoms with Gasteiger partial charge in [-0.15, -0.1) is 0 Å². The molecule has 0 aliphatic carbocycles. The van der Waals surface area contributed by atoms with E-state index in [-0.39, 0.29) is 18.2 Å². The molecule has 0 spiro atoms. The van der Waals surface area contributed by atoms with Crippen molar-refractivity contribution >= 4 is 6.03 Å². The van der Waals surface area contributed by atoms with Crippen LogP contribution in [0.3, 0.4) is 0 Å². The number of likely N-dealkylation sites (N-methyl/N-ethyl adjacent to an activating group) is 1. The molecule has 5 nitrogen and oxygen atoms in total. The molecular weight excluding hydrogens is 444 g/mol. The molecule has 0 bridgehead atoms. The molecule has 188 valence electrons. The number of primary amides is 1. The Morgan fingerprint density at radius 1 is 0.806 bits per heavy atom. The SMILES string of the molecule is C[N+]1(C2CC(c3ccccc3)CC[N+]2(C)C(N)=O)CCN(C(c2ccccc2)c2ccccc2)CC1. The van der Waals surface area contributed by atoms with Crippen LogP contribution in [0.15, 0.2) is 91.0 Å². The first-order chi connectivity index (χ1) is 17.4. The zero-order valence-electron chi connectivity index (χ0n) is 21.7. The van der Waals surface area contributed by atoms with Crippen molar-refractivity contribution in [3.63, 3.8) is 0 Å². The summed E-state index contributed by atoms with van der Waals surface area (Å²) >= 11 is 0. The second kappa shape index (κ2) is 10.2. The van der Waals surface area contributed by atoms with Crippen LogP contribution in [0.2, 0.25) is 0 Å². The summed E-state index contributed by atoms with van der Waals surface area (Å²) in [5, 5.41) is 0. The molecule has 2 fully saturated rings. The second-order valence-electron chi connectivity index (χ2n) is 11.1. The first-order valence-corrected chi connectivity index (χ1v) is 13.3. The molecule has 5 rings (SSSR count). The van der Waals surface area contributed by atoms with E-state index in [0.717, 1.165) is 50.0 Å². The lowest BCUT2D eigenvalue weighted by Gasteiger charge is -2.54. The maximum Gasteiger partial charge on any atom is 0.418 e. The average Bonchev–Trinajstić information content (AvgIpc) is 2.92. The van der Waals surface area contributed by atoms with Crippen LogP contribution in [0, 0.1) is 0 Å². The minimum absolute atomic E-state index is 0.163. The third-order valence-corrected chi connectivity index (χ3v) is 8.98. The number of amides is 2. The van der Waals surface area contributed by atoms with Crippen LogP contribution in [0.5, 0.6) is 0 Å². The molecule has 0 saturated carbocycles. The zero-order valence-corrected chi connectivity index (χ0v) is 21.7. The normalized spacial score (nSPS) is 26.5. The monoisotopic (exact) mass is 484 g/mol. The van der Waals surface area contributed by atoms with E-state index in [1.165, 1.54) is 16.7 Å². The van der Waals surface area contributed by atoms with Crippen molar-refractivity contribution in [2.75, 3.05) is 46.8 Å². The van der Waals surface area contributed by atoms with Gasteiger partial charge in [-0.1, -0.05) is 91.0 Å². The smallest absolute Gasteiger partial charge is 0.319 e. The van der Waals surface area contributed by atoms with Gasteiger partial charge < -0.3 is 5.73 Å². The number of urea groups is 1. The number of nitrogens with zero attached hydrogens (tertiary/aromatic N) is 3. The highest BCUT2D eigenvalue weighted by molar-refractivity contribution is 5.64. The molecule has 0 radical (unpaired) electrons. The number of carbonyl (C=O) groups is 1. The van der Waals surface area contributed by atoms with Gasteiger partial charge in [0.15, 0.2) is 0 Å². The third-order valence-electron chi connectivity index (χ3n) is 8.98. The lowest BCUT2D eigenvalue weighted by atomic mass is 9.85. The van der Waals surface area contributed by atoms with E-state index < -0.39 is 0 Å². The fraction of sp³-hybridized carbons (Fsp3) is 0.387. The lowest BCUT2D eigenvalue weighted by Crippen LogP contribution is -2.75. The van der Waals surface area contributed by atoms with Crippen LogP contribution < -0.4 is 5.73 Å². The van der Waals surface area contributed by atoms with E-state index in [4.69, 9.17) is 5.73 Å². The Balaban J connectivity index is 1.40. The van der Waals surface area contributed by atoms with Gasteiger partial charge in [0.05, 0.1) is 46.2 Å². The van der Waals surface area contributed by atoms with Crippen molar-refractivity contribution in [2.45, 2.75) is 31.0 Å². The number of likely N-dealkylation sites (tertiary alicyclic amines) is 1. The summed E-state index contributed by atoms with van der Waals surface area (Å²) in [6, 6.07) is 32.6. The Kier molecular flexibility index (Phi) is 6.98. The third kappa shape index (κ3) is 4.71. The summed E-state index contributed by atoms with van der Waals surface area (Å²) in [5.74, 6) is 0.469.